The Kier molecular flexibility index (Phi) is 5.11. The third-order valence-electron chi connectivity index (χ3n) is 3.56. The molecule has 5 nitrogen and oxygen atoms in total. The maximum Gasteiger partial charge on any atom is 0.240 e. The Morgan fingerprint density at radius 3 is 2.43 bits per heavy atom. The first-order valence-corrected chi connectivity index (χ1v) is 6.96. The number of ether oxygens (including phenoxy) is 2. The third kappa shape index (κ3) is 3.31. The van der Waals surface area contributed by atoms with E-state index in [0.717, 1.165) is 6.42 Å². The minimum absolute atomic E-state index is 0.155. The van der Waals surface area contributed by atoms with E-state index in [2.05, 4.69) is 29.0 Å². The van der Waals surface area contributed by atoms with Crippen LogP contribution in [0.3, 0.4) is 0 Å². The van der Waals surface area contributed by atoms with Crippen molar-refractivity contribution >= 4 is 0 Å². The second kappa shape index (κ2) is 7.04. The highest BCUT2D eigenvalue weighted by Gasteiger charge is 2.25. The molecule has 0 saturated carbocycles. The molecule has 2 rings (SSSR count). The van der Waals surface area contributed by atoms with Crippen molar-refractivity contribution in [3.63, 3.8) is 0 Å². The van der Waals surface area contributed by atoms with Crippen LogP contribution in [0.25, 0.3) is 0 Å². The van der Waals surface area contributed by atoms with Crippen LogP contribution in [0.15, 0.2) is 36.5 Å². The third-order valence-corrected chi connectivity index (χ3v) is 3.56. The van der Waals surface area contributed by atoms with Gasteiger partial charge in [0.2, 0.25) is 11.8 Å². The molecule has 2 N–H and O–H groups in total. The largest absolute Gasteiger partial charge is 0.480 e. The van der Waals surface area contributed by atoms with Gasteiger partial charge in [-0.25, -0.2) is 4.98 Å². The van der Waals surface area contributed by atoms with Gasteiger partial charge >= 0.3 is 0 Å². The van der Waals surface area contributed by atoms with Crippen molar-refractivity contribution in [1.82, 2.24) is 9.97 Å². The molecule has 1 heterocycles. The lowest BCUT2D eigenvalue weighted by Gasteiger charge is -2.23. The molecule has 0 saturated heterocycles. The quantitative estimate of drug-likeness (QED) is 0.884. The first-order valence-electron chi connectivity index (χ1n) is 6.96. The van der Waals surface area contributed by atoms with E-state index < -0.39 is 0 Å². The molecule has 0 fully saturated rings. The van der Waals surface area contributed by atoms with Gasteiger partial charge < -0.3 is 15.2 Å². The van der Waals surface area contributed by atoms with E-state index in [1.54, 1.807) is 20.4 Å². The van der Waals surface area contributed by atoms with E-state index in [0.29, 0.717) is 17.5 Å². The number of nitrogens with two attached hydrogens (primary N) is 1. The predicted octanol–water partition coefficient (Wildman–Crippen LogP) is 2.69. The zero-order chi connectivity index (χ0) is 15.2. The molecule has 0 spiro atoms. The Balaban J connectivity index is 2.35. The lowest BCUT2D eigenvalue weighted by atomic mass is 9.88. The fourth-order valence-corrected chi connectivity index (χ4v) is 2.43. The van der Waals surface area contributed by atoms with Crippen molar-refractivity contribution in [1.29, 1.82) is 0 Å². The highest BCUT2D eigenvalue weighted by molar-refractivity contribution is 5.30. The second-order valence-corrected chi connectivity index (χ2v) is 4.76. The van der Waals surface area contributed by atoms with Crippen molar-refractivity contribution in [2.24, 2.45) is 5.73 Å². The minimum Gasteiger partial charge on any atom is -0.480 e. The maximum atomic E-state index is 6.43. The van der Waals surface area contributed by atoms with Crippen LogP contribution in [0.5, 0.6) is 11.8 Å². The molecular weight excluding hydrogens is 266 g/mol. The molecule has 21 heavy (non-hydrogen) atoms. The summed E-state index contributed by atoms with van der Waals surface area (Å²) in [6.07, 6.45) is 2.47. The van der Waals surface area contributed by atoms with Crippen LogP contribution >= 0.6 is 0 Å². The van der Waals surface area contributed by atoms with Crippen LogP contribution in [0.4, 0.5) is 0 Å². The van der Waals surface area contributed by atoms with Crippen molar-refractivity contribution in [2.75, 3.05) is 14.2 Å². The summed E-state index contributed by atoms with van der Waals surface area (Å²) in [7, 11) is 3.10. The molecule has 0 amide bonds. The van der Waals surface area contributed by atoms with Crippen molar-refractivity contribution in [3.05, 3.63) is 47.8 Å². The summed E-state index contributed by atoms with van der Waals surface area (Å²) < 4.78 is 10.4. The second-order valence-electron chi connectivity index (χ2n) is 4.76. The Labute approximate surface area is 125 Å². The normalized spacial score (nSPS) is 13.5. The van der Waals surface area contributed by atoms with Crippen molar-refractivity contribution < 1.29 is 9.47 Å². The first kappa shape index (κ1) is 15.3. The number of aromatic nitrogens is 2. The minimum atomic E-state index is -0.286. The molecule has 0 bridgehead atoms. The van der Waals surface area contributed by atoms with Crippen LogP contribution in [-0.2, 0) is 0 Å². The Morgan fingerprint density at radius 2 is 1.86 bits per heavy atom. The molecule has 0 aliphatic carbocycles. The summed E-state index contributed by atoms with van der Waals surface area (Å²) in [5.41, 5.74) is 8.26. The number of hydrogen-bond acceptors (Lipinski definition) is 5. The van der Waals surface area contributed by atoms with E-state index in [1.807, 2.05) is 18.2 Å². The molecule has 0 aliphatic heterocycles. The molecule has 2 aromatic rings. The van der Waals surface area contributed by atoms with Gasteiger partial charge in [0.25, 0.3) is 0 Å². The van der Waals surface area contributed by atoms with Crippen LogP contribution in [0.1, 0.15) is 36.6 Å². The molecule has 2 atom stereocenters. The van der Waals surface area contributed by atoms with Gasteiger partial charge in [-0.2, -0.15) is 4.98 Å². The SMILES string of the molecule is CCC(c1ccccc1)C(N)c1ncc(OC)nc1OC. The molecule has 0 radical (unpaired) electrons. The summed E-state index contributed by atoms with van der Waals surface area (Å²) in [5.74, 6) is 0.981. The van der Waals surface area contributed by atoms with Gasteiger partial charge in [-0.15, -0.1) is 0 Å². The van der Waals surface area contributed by atoms with Crippen LogP contribution in [0, 0.1) is 0 Å². The summed E-state index contributed by atoms with van der Waals surface area (Å²) in [6.45, 7) is 2.11. The Morgan fingerprint density at radius 1 is 1.14 bits per heavy atom. The van der Waals surface area contributed by atoms with Crippen LogP contribution in [0.2, 0.25) is 0 Å². The van der Waals surface area contributed by atoms with Crippen LogP contribution in [-0.4, -0.2) is 24.2 Å². The molecule has 112 valence electrons. The van der Waals surface area contributed by atoms with E-state index in [-0.39, 0.29) is 12.0 Å². The number of methoxy groups -OCH3 is 2. The topological polar surface area (TPSA) is 70.3 Å². The average Bonchev–Trinajstić information content (AvgIpc) is 2.55. The Hall–Kier alpha value is -2.14. The number of nitrogens with zero attached hydrogens (tertiary/aromatic N) is 2. The smallest absolute Gasteiger partial charge is 0.240 e. The van der Waals surface area contributed by atoms with Gasteiger partial charge in [-0.05, 0) is 12.0 Å². The van der Waals surface area contributed by atoms with Gasteiger partial charge in [-0.1, -0.05) is 37.3 Å². The van der Waals surface area contributed by atoms with Crippen LogP contribution < -0.4 is 15.2 Å². The van der Waals surface area contributed by atoms with Crippen molar-refractivity contribution in [2.45, 2.75) is 25.3 Å². The fourth-order valence-electron chi connectivity index (χ4n) is 2.43. The molecule has 0 aliphatic rings. The zero-order valence-electron chi connectivity index (χ0n) is 12.6. The number of benzene rings is 1. The van der Waals surface area contributed by atoms with Gasteiger partial charge in [0, 0.05) is 5.92 Å². The predicted molar refractivity (Wildman–Crippen MR) is 81.5 cm³/mol. The lowest BCUT2D eigenvalue weighted by Crippen LogP contribution is -2.22. The Bertz CT molecular complexity index is 575. The lowest BCUT2D eigenvalue weighted by molar-refractivity contribution is 0.349. The molecular formula is C16H21N3O2. The van der Waals surface area contributed by atoms with Gasteiger partial charge in [-0.3, -0.25) is 0 Å². The number of rotatable bonds is 6. The monoisotopic (exact) mass is 287 g/mol. The van der Waals surface area contributed by atoms with Gasteiger partial charge in [0.15, 0.2) is 0 Å². The molecule has 1 aromatic heterocycles. The summed E-state index contributed by atoms with van der Waals surface area (Å²) in [6, 6.07) is 9.90. The summed E-state index contributed by atoms with van der Waals surface area (Å²) in [4.78, 5) is 8.63. The van der Waals surface area contributed by atoms with E-state index in [1.165, 1.54) is 5.56 Å². The zero-order valence-corrected chi connectivity index (χ0v) is 12.6. The first-order chi connectivity index (χ1) is 10.2. The van der Waals surface area contributed by atoms with Gasteiger partial charge in [0.1, 0.15) is 5.69 Å². The molecule has 2 unspecified atom stereocenters. The molecule has 5 heteroatoms. The summed E-state index contributed by atoms with van der Waals surface area (Å²) in [5, 5.41) is 0. The van der Waals surface area contributed by atoms with E-state index in [9.17, 15) is 0 Å². The average molecular weight is 287 g/mol. The fraction of sp³-hybridized carbons (Fsp3) is 0.375. The highest BCUT2D eigenvalue weighted by atomic mass is 16.5. The highest BCUT2D eigenvalue weighted by Crippen LogP contribution is 2.34. The molecule has 1 aromatic carbocycles. The van der Waals surface area contributed by atoms with E-state index >= 15 is 0 Å². The maximum absolute atomic E-state index is 6.43. The summed E-state index contributed by atoms with van der Waals surface area (Å²) >= 11 is 0. The van der Waals surface area contributed by atoms with Gasteiger partial charge in [0.05, 0.1) is 26.5 Å². The standard InChI is InChI=1S/C16H21N3O2/c1-4-12(11-8-6-5-7-9-11)14(17)15-16(21-3)19-13(20-2)10-18-15/h5-10,12,14H,4,17H2,1-3H3. The van der Waals surface area contributed by atoms with Crippen molar-refractivity contribution in [3.8, 4) is 11.8 Å². The van der Waals surface area contributed by atoms with E-state index in [4.69, 9.17) is 15.2 Å². The number of hydrogen-bond donors (Lipinski definition) is 1.